The van der Waals surface area contributed by atoms with Crippen molar-refractivity contribution >= 4 is 40.9 Å². The fourth-order valence-electron chi connectivity index (χ4n) is 2.76. The second kappa shape index (κ2) is 5.74. The van der Waals surface area contributed by atoms with Crippen molar-refractivity contribution in [3.05, 3.63) is 48.2 Å². The molecule has 1 unspecified atom stereocenters. The summed E-state index contributed by atoms with van der Waals surface area (Å²) in [6.07, 6.45) is 6.88. The number of fused-ring (bicyclic) bond motifs is 1. The van der Waals surface area contributed by atoms with Crippen LogP contribution < -0.4 is 10.2 Å². The highest BCUT2D eigenvalue weighted by molar-refractivity contribution is 6.22. The summed E-state index contributed by atoms with van der Waals surface area (Å²) < 4.78 is 0. The van der Waals surface area contributed by atoms with Gasteiger partial charge in [-0.2, -0.15) is 0 Å². The number of rotatable bonds is 4. The molecule has 3 rings (SSSR count). The van der Waals surface area contributed by atoms with Gasteiger partial charge in [-0.1, -0.05) is 18.2 Å². The van der Waals surface area contributed by atoms with Crippen LogP contribution in [0.1, 0.15) is 0 Å². The first kappa shape index (κ1) is 14.5. The minimum Gasteiger partial charge on any atom is -0.366 e. The molecular formula is C16H16Cl2N2O. The van der Waals surface area contributed by atoms with Crippen molar-refractivity contribution < 1.29 is 4.79 Å². The molecule has 0 aromatic heterocycles. The molecule has 110 valence electrons. The average Bonchev–Trinajstić information content (AvgIpc) is 2.98. The van der Waals surface area contributed by atoms with Crippen molar-refractivity contribution in [2.24, 2.45) is 11.3 Å². The minimum absolute atomic E-state index is 0.305. The molecule has 1 aromatic rings. The monoisotopic (exact) mass is 322 g/mol. The zero-order valence-electron chi connectivity index (χ0n) is 11.4. The number of nitrogens with zero attached hydrogens (tertiary/aromatic N) is 1. The van der Waals surface area contributed by atoms with Crippen molar-refractivity contribution in [3.63, 3.8) is 0 Å². The lowest BCUT2D eigenvalue weighted by molar-refractivity contribution is -0.111. The highest BCUT2D eigenvalue weighted by Crippen LogP contribution is 2.40. The first-order valence-corrected chi connectivity index (χ1v) is 7.90. The van der Waals surface area contributed by atoms with Gasteiger partial charge in [-0.15, -0.1) is 23.2 Å². The predicted octanol–water partition coefficient (Wildman–Crippen LogP) is 3.61. The molecule has 1 aromatic carbocycles. The molecular weight excluding hydrogens is 307 g/mol. The third-order valence-electron chi connectivity index (χ3n) is 4.18. The number of halogens is 2. The van der Waals surface area contributed by atoms with E-state index < -0.39 is 5.41 Å². The summed E-state index contributed by atoms with van der Waals surface area (Å²) in [4.78, 5) is 13.6. The van der Waals surface area contributed by atoms with Gasteiger partial charge < -0.3 is 15.0 Å². The summed E-state index contributed by atoms with van der Waals surface area (Å²) in [5.74, 6) is 0.351. The molecule has 1 aliphatic carbocycles. The van der Waals surface area contributed by atoms with Crippen LogP contribution in [0.3, 0.4) is 0 Å². The topological polar surface area (TPSA) is 32.3 Å². The predicted molar refractivity (Wildman–Crippen MR) is 88.1 cm³/mol. The standard InChI is InChI=1S/C16H16Cl2N2O/c17-9-16(10-18)6-5-13(7-12(16)8-21)20-11-19-14-3-1-2-4-15(14)20/h1-8,12,19H,9-11H2. The van der Waals surface area contributed by atoms with Gasteiger partial charge >= 0.3 is 0 Å². The number of nitrogens with one attached hydrogen (secondary N) is 1. The van der Waals surface area contributed by atoms with Gasteiger partial charge in [0.15, 0.2) is 0 Å². The highest BCUT2D eigenvalue weighted by Gasteiger charge is 2.37. The van der Waals surface area contributed by atoms with E-state index in [-0.39, 0.29) is 5.92 Å². The first-order valence-electron chi connectivity index (χ1n) is 6.83. The lowest BCUT2D eigenvalue weighted by atomic mass is 9.75. The zero-order chi connectivity index (χ0) is 14.9. The van der Waals surface area contributed by atoms with E-state index in [0.717, 1.165) is 23.4 Å². The molecule has 0 amide bonds. The molecule has 2 aliphatic rings. The third-order valence-corrected chi connectivity index (χ3v) is 5.17. The number of carbonyl (C=O) groups is 1. The van der Waals surface area contributed by atoms with E-state index in [1.807, 2.05) is 36.4 Å². The van der Waals surface area contributed by atoms with E-state index in [9.17, 15) is 4.79 Å². The Bertz CT molecular complexity index is 608. The molecule has 0 radical (unpaired) electrons. The summed E-state index contributed by atoms with van der Waals surface area (Å²) in [5, 5.41) is 3.34. The molecule has 1 aliphatic heterocycles. The van der Waals surface area contributed by atoms with E-state index in [0.29, 0.717) is 18.4 Å². The van der Waals surface area contributed by atoms with Gasteiger partial charge in [-0.05, 0) is 24.3 Å². The van der Waals surface area contributed by atoms with Gasteiger partial charge in [-0.25, -0.2) is 0 Å². The molecule has 1 N–H and O–H groups in total. The smallest absolute Gasteiger partial charge is 0.127 e. The molecule has 1 atom stereocenters. The second-order valence-electron chi connectivity index (χ2n) is 5.37. The molecule has 0 saturated carbocycles. The number of benzene rings is 1. The summed E-state index contributed by atoms with van der Waals surface area (Å²) in [7, 11) is 0. The summed E-state index contributed by atoms with van der Waals surface area (Å²) in [5.41, 5.74) is 2.72. The number of carbonyl (C=O) groups excluding carboxylic acids is 1. The fraction of sp³-hybridized carbons (Fsp3) is 0.312. The number of allylic oxidation sites excluding steroid dienone is 3. The van der Waals surface area contributed by atoms with E-state index in [4.69, 9.17) is 23.2 Å². The van der Waals surface area contributed by atoms with Crippen LogP contribution >= 0.6 is 23.2 Å². The van der Waals surface area contributed by atoms with Crippen molar-refractivity contribution in [3.8, 4) is 0 Å². The average molecular weight is 323 g/mol. The van der Waals surface area contributed by atoms with Gasteiger partial charge in [0.2, 0.25) is 0 Å². The quantitative estimate of drug-likeness (QED) is 0.679. The fourth-order valence-corrected chi connectivity index (χ4v) is 3.58. The molecule has 3 nitrogen and oxygen atoms in total. The van der Waals surface area contributed by atoms with Gasteiger partial charge in [0.1, 0.15) is 6.29 Å². The van der Waals surface area contributed by atoms with Crippen LogP contribution in [0.5, 0.6) is 0 Å². The Morgan fingerprint density at radius 2 is 2.10 bits per heavy atom. The van der Waals surface area contributed by atoms with Crippen LogP contribution in [0.2, 0.25) is 0 Å². The lowest BCUT2D eigenvalue weighted by Gasteiger charge is -2.35. The molecule has 0 fully saturated rings. The van der Waals surface area contributed by atoms with Crippen LogP contribution in [-0.4, -0.2) is 24.7 Å². The Balaban J connectivity index is 1.94. The third kappa shape index (κ3) is 2.34. The van der Waals surface area contributed by atoms with Gasteiger partial charge in [-0.3, -0.25) is 0 Å². The number of aldehydes is 1. The molecule has 0 spiro atoms. The summed E-state index contributed by atoms with van der Waals surface area (Å²) in [6.45, 7) is 0.690. The van der Waals surface area contributed by atoms with Crippen LogP contribution in [-0.2, 0) is 4.79 Å². The second-order valence-corrected chi connectivity index (χ2v) is 5.90. The number of hydrogen-bond acceptors (Lipinski definition) is 3. The number of para-hydroxylation sites is 2. The Morgan fingerprint density at radius 1 is 1.33 bits per heavy atom. The molecule has 21 heavy (non-hydrogen) atoms. The van der Waals surface area contributed by atoms with E-state index in [2.05, 4.69) is 16.3 Å². The SMILES string of the molecule is O=CC1C=C(N2CNc3ccccc32)C=CC1(CCl)CCl. The zero-order valence-corrected chi connectivity index (χ0v) is 12.9. The summed E-state index contributed by atoms with van der Waals surface area (Å²) in [6, 6.07) is 8.11. The Hall–Kier alpha value is -1.45. The lowest BCUT2D eigenvalue weighted by Crippen LogP contribution is -2.36. The van der Waals surface area contributed by atoms with Crippen molar-refractivity contribution in [1.82, 2.24) is 0 Å². The number of hydrogen-bond donors (Lipinski definition) is 1. The maximum absolute atomic E-state index is 11.5. The maximum Gasteiger partial charge on any atom is 0.127 e. The van der Waals surface area contributed by atoms with E-state index >= 15 is 0 Å². The largest absolute Gasteiger partial charge is 0.366 e. The van der Waals surface area contributed by atoms with Crippen LogP contribution in [0.25, 0.3) is 0 Å². The van der Waals surface area contributed by atoms with Crippen molar-refractivity contribution in [2.75, 3.05) is 28.6 Å². The Labute approximate surface area is 134 Å². The van der Waals surface area contributed by atoms with Gasteiger partial charge in [0.25, 0.3) is 0 Å². The molecule has 1 heterocycles. The van der Waals surface area contributed by atoms with Gasteiger partial charge in [0.05, 0.1) is 18.0 Å². The van der Waals surface area contributed by atoms with Crippen molar-refractivity contribution in [2.45, 2.75) is 0 Å². The first-order chi connectivity index (χ1) is 10.2. The number of anilines is 2. The van der Waals surface area contributed by atoms with E-state index in [1.165, 1.54) is 0 Å². The van der Waals surface area contributed by atoms with Crippen LogP contribution in [0, 0.1) is 11.3 Å². The molecule has 0 bridgehead atoms. The molecule has 0 saturated heterocycles. The van der Waals surface area contributed by atoms with E-state index in [1.54, 1.807) is 0 Å². The maximum atomic E-state index is 11.5. The number of alkyl halides is 2. The Morgan fingerprint density at radius 3 is 2.81 bits per heavy atom. The summed E-state index contributed by atoms with van der Waals surface area (Å²) >= 11 is 12.1. The Kier molecular flexibility index (Phi) is 3.96. The van der Waals surface area contributed by atoms with Crippen molar-refractivity contribution in [1.29, 1.82) is 0 Å². The van der Waals surface area contributed by atoms with Crippen LogP contribution in [0.15, 0.2) is 48.2 Å². The normalized spacial score (nSPS) is 22.5. The highest BCUT2D eigenvalue weighted by atomic mass is 35.5. The minimum atomic E-state index is -0.485. The van der Waals surface area contributed by atoms with Gasteiger partial charge in [0, 0.05) is 28.8 Å². The van der Waals surface area contributed by atoms with Crippen LogP contribution in [0.4, 0.5) is 11.4 Å². The molecule has 5 heteroatoms.